The Hall–Kier alpha value is -2.28. The third-order valence-electron chi connectivity index (χ3n) is 2.35. The van der Waals surface area contributed by atoms with Crippen LogP contribution < -0.4 is 0 Å². The molecule has 0 aliphatic carbocycles. The molecular weight excluding hydrogens is 255 g/mol. The van der Waals surface area contributed by atoms with Gasteiger partial charge in [0.05, 0.1) is 0 Å². The first-order chi connectivity index (χ1) is 9.06. The fraction of sp³-hybridized carbons (Fsp3) is 0.250. The van der Waals surface area contributed by atoms with Gasteiger partial charge in [-0.1, -0.05) is 17.3 Å². The second-order valence-electron chi connectivity index (χ2n) is 3.86. The normalized spacial score (nSPS) is 10.6. The summed E-state index contributed by atoms with van der Waals surface area (Å²) in [5, 5.41) is 12.1. The highest BCUT2D eigenvalue weighted by Crippen LogP contribution is 2.19. The second-order valence-corrected chi connectivity index (χ2v) is 3.86. The van der Waals surface area contributed by atoms with Gasteiger partial charge < -0.3 is 14.4 Å². The molecule has 1 N–H and O–H groups in total. The first-order valence-corrected chi connectivity index (χ1v) is 5.45. The molecule has 0 radical (unpaired) electrons. The lowest BCUT2D eigenvalue weighted by Gasteiger charge is -1.97. The highest BCUT2D eigenvalue weighted by atomic mass is 19.1. The predicted molar refractivity (Wildman–Crippen MR) is 61.7 cm³/mol. The van der Waals surface area contributed by atoms with E-state index in [2.05, 4.69) is 10.1 Å². The molecule has 1 aromatic heterocycles. The van der Waals surface area contributed by atoms with E-state index in [9.17, 15) is 9.18 Å². The number of carboxylic acids is 1. The number of ether oxygens (including phenoxy) is 1. The van der Waals surface area contributed by atoms with Gasteiger partial charge in [-0.3, -0.25) is 0 Å². The zero-order valence-corrected chi connectivity index (χ0v) is 10.1. The van der Waals surface area contributed by atoms with E-state index in [1.807, 2.05) is 0 Å². The number of halogens is 1. The molecule has 1 aromatic carbocycles. The molecule has 0 atom stereocenters. The highest BCUT2D eigenvalue weighted by Gasteiger charge is 2.10. The number of aromatic nitrogens is 2. The van der Waals surface area contributed by atoms with Crippen molar-refractivity contribution < 1.29 is 23.6 Å². The number of carboxylic acid groups (broad SMARTS) is 1. The second kappa shape index (κ2) is 5.57. The minimum absolute atomic E-state index is 0.104. The third-order valence-corrected chi connectivity index (χ3v) is 2.35. The zero-order valence-electron chi connectivity index (χ0n) is 10.1. The van der Waals surface area contributed by atoms with Crippen molar-refractivity contribution in [3.63, 3.8) is 0 Å². The van der Waals surface area contributed by atoms with Gasteiger partial charge in [-0.05, 0) is 18.6 Å². The van der Waals surface area contributed by atoms with E-state index in [4.69, 9.17) is 14.4 Å². The Kier molecular flexibility index (Phi) is 3.86. The van der Waals surface area contributed by atoms with Crippen LogP contribution in [-0.2, 0) is 16.1 Å². The third kappa shape index (κ3) is 3.35. The van der Waals surface area contributed by atoms with Crippen LogP contribution in [0.1, 0.15) is 11.5 Å². The van der Waals surface area contributed by atoms with Gasteiger partial charge in [0.2, 0.25) is 5.82 Å². The summed E-state index contributed by atoms with van der Waals surface area (Å²) in [6, 6.07) is 4.59. The van der Waals surface area contributed by atoms with Crippen LogP contribution in [0.5, 0.6) is 0 Å². The highest BCUT2D eigenvalue weighted by molar-refractivity contribution is 5.67. The van der Waals surface area contributed by atoms with Gasteiger partial charge in [-0.2, -0.15) is 4.98 Å². The van der Waals surface area contributed by atoms with E-state index < -0.39 is 12.6 Å². The van der Waals surface area contributed by atoms with Crippen molar-refractivity contribution in [2.45, 2.75) is 13.5 Å². The van der Waals surface area contributed by atoms with Gasteiger partial charge >= 0.3 is 5.97 Å². The van der Waals surface area contributed by atoms with Gasteiger partial charge in [0.1, 0.15) is 19.0 Å². The van der Waals surface area contributed by atoms with Crippen molar-refractivity contribution in [2.24, 2.45) is 0 Å². The maximum Gasteiger partial charge on any atom is 0.329 e. The summed E-state index contributed by atoms with van der Waals surface area (Å²) in [5.41, 5.74) is 1.01. The Balaban J connectivity index is 2.07. The molecule has 0 fully saturated rings. The fourth-order valence-corrected chi connectivity index (χ4v) is 1.39. The van der Waals surface area contributed by atoms with Crippen molar-refractivity contribution in [3.8, 4) is 11.4 Å². The van der Waals surface area contributed by atoms with Crippen LogP contribution >= 0.6 is 0 Å². The summed E-state index contributed by atoms with van der Waals surface area (Å²) in [6.45, 7) is 1.10. The maximum absolute atomic E-state index is 13.4. The fourth-order valence-electron chi connectivity index (χ4n) is 1.39. The molecule has 0 spiro atoms. The van der Waals surface area contributed by atoms with Crippen molar-refractivity contribution >= 4 is 5.97 Å². The molecule has 2 rings (SSSR count). The van der Waals surface area contributed by atoms with E-state index in [0.717, 1.165) is 0 Å². The van der Waals surface area contributed by atoms with Crippen LogP contribution in [0.15, 0.2) is 22.7 Å². The van der Waals surface area contributed by atoms with E-state index >= 15 is 0 Å². The van der Waals surface area contributed by atoms with E-state index in [1.54, 1.807) is 19.1 Å². The Morgan fingerprint density at radius 3 is 3.00 bits per heavy atom. The summed E-state index contributed by atoms with van der Waals surface area (Å²) in [6.07, 6.45) is 0. The van der Waals surface area contributed by atoms with Crippen LogP contribution in [0.2, 0.25) is 0 Å². The Labute approximate surface area is 107 Å². The van der Waals surface area contributed by atoms with E-state index in [-0.39, 0.29) is 24.1 Å². The average Bonchev–Trinajstić information content (AvgIpc) is 2.81. The number of aliphatic carboxylic acids is 1. The summed E-state index contributed by atoms with van der Waals surface area (Å²) >= 11 is 0. The SMILES string of the molecule is Cc1ccc(-c2noc(COCC(=O)O)n2)cc1F. The lowest BCUT2D eigenvalue weighted by atomic mass is 10.1. The standard InChI is InChI=1S/C12H11FN2O4/c1-7-2-3-8(4-9(7)13)12-14-10(19-15-12)5-18-6-11(16)17/h2-4H,5-6H2,1H3,(H,16,17). The minimum Gasteiger partial charge on any atom is -0.480 e. The molecule has 0 aliphatic rings. The molecule has 0 bridgehead atoms. The summed E-state index contributed by atoms with van der Waals surface area (Å²) in [7, 11) is 0. The molecule has 19 heavy (non-hydrogen) atoms. The average molecular weight is 266 g/mol. The number of rotatable bonds is 5. The predicted octanol–water partition coefficient (Wildman–Crippen LogP) is 1.79. The largest absolute Gasteiger partial charge is 0.480 e. The molecule has 2 aromatic rings. The molecular formula is C12H11FN2O4. The Morgan fingerprint density at radius 1 is 1.53 bits per heavy atom. The molecule has 100 valence electrons. The number of benzene rings is 1. The first-order valence-electron chi connectivity index (χ1n) is 5.45. The topological polar surface area (TPSA) is 85.5 Å². The van der Waals surface area contributed by atoms with Crippen molar-refractivity contribution in [1.82, 2.24) is 10.1 Å². The van der Waals surface area contributed by atoms with E-state index in [1.165, 1.54) is 6.07 Å². The maximum atomic E-state index is 13.4. The van der Waals surface area contributed by atoms with Crippen LogP contribution in [0.4, 0.5) is 4.39 Å². The van der Waals surface area contributed by atoms with Gasteiger partial charge in [-0.15, -0.1) is 0 Å². The Bertz CT molecular complexity index is 597. The summed E-state index contributed by atoms with van der Waals surface area (Å²) in [5.74, 6) is -1.07. The van der Waals surface area contributed by atoms with Gasteiger partial charge in [0.25, 0.3) is 5.89 Å². The molecule has 7 heteroatoms. The van der Waals surface area contributed by atoms with Crippen molar-refractivity contribution in [3.05, 3.63) is 35.5 Å². The molecule has 0 saturated heterocycles. The monoisotopic (exact) mass is 266 g/mol. The van der Waals surface area contributed by atoms with Gasteiger partial charge in [0.15, 0.2) is 0 Å². The van der Waals surface area contributed by atoms with E-state index in [0.29, 0.717) is 11.1 Å². The lowest BCUT2D eigenvalue weighted by Crippen LogP contribution is -2.06. The van der Waals surface area contributed by atoms with Crippen molar-refractivity contribution in [1.29, 1.82) is 0 Å². The molecule has 0 amide bonds. The van der Waals surface area contributed by atoms with Crippen LogP contribution in [-0.4, -0.2) is 27.8 Å². The van der Waals surface area contributed by atoms with Crippen LogP contribution in [0.3, 0.4) is 0 Å². The number of hydrogen-bond acceptors (Lipinski definition) is 5. The molecule has 6 nitrogen and oxygen atoms in total. The van der Waals surface area contributed by atoms with Gasteiger partial charge in [-0.25, -0.2) is 9.18 Å². The number of nitrogens with zero attached hydrogens (tertiary/aromatic N) is 2. The zero-order chi connectivity index (χ0) is 13.8. The number of carbonyl (C=O) groups is 1. The molecule has 0 aliphatic heterocycles. The molecule has 0 saturated carbocycles. The Morgan fingerprint density at radius 2 is 2.32 bits per heavy atom. The summed E-state index contributed by atoms with van der Waals surface area (Å²) < 4.78 is 23.1. The van der Waals surface area contributed by atoms with Crippen molar-refractivity contribution in [2.75, 3.05) is 6.61 Å². The lowest BCUT2D eigenvalue weighted by molar-refractivity contribution is -0.142. The number of aryl methyl sites for hydroxylation is 1. The summed E-state index contributed by atoms with van der Waals surface area (Å²) in [4.78, 5) is 14.2. The first kappa shape index (κ1) is 13.2. The van der Waals surface area contributed by atoms with Crippen LogP contribution in [0.25, 0.3) is 11.4 Å². The molecule has 1 heterocycles. The van der Waals surface area contributed by atoms with Crippen LogP contribution in [0, 0.1) is 12.7 Å². The molecule has 0 unspecified atom stereocenters. The number of hydrogen-bond donors (Lipinski definition) is 1. The quantitative estimate of drug-likeness (QED) is 0.887. The minimum atomic E-state index is -1.08. The van der Waals surface area contributed by atoms with Gasteiger partial charge in [0, 0.05) is 5.56 Å². The smallest absolute Gasteiger partial charge is 0.329 e.